The summed E-state index contributed by atoms with van der Waals surface area (Å²) in [6.07, 6.45) is 0. The molecule has 1 amide bonds. The number of amides is 1. The van der Waals surface area contributed by atoms with Gasteiger partial charge in [-0.2, -0.15) is 5.10 Å². The second kappa shape index (κ2) is 6.56. The van der Waals surface area contributed by atoms with Crippen molar-refractivity contribution in [1.29, 1.82) is 0 Å². The van der Waals surface area contributed by atoms with Gasteiger partial charge < -0.3 is 10.1 Å². The first-order valence-electron chi connectivity index (χ1n) is 6.28. The van der Waals surface area contributed by atoms with E-state index >= 15 is 0 Å². The van der Waals surface area contributed by atoms with E-state index < -0.39 is 0 Å². The van der Waals surface area contributed by atoms with E-state index in [1.165, 1.54) is 0 Å². The van der Waals surface area contributed by atoms with Gasteiger partial charge in [-0.25, -0.2) is 0 Å². The number of hydrogen-bond donors (Lipinski definition) is 2. The largest absolute Gasteiger partial charge is 0.484 e. The quantitative estimate of drug-likeness (QED) is 0.879. The van der Waals surface area contributed by atoms with Crippen LogP contribution in [0.5, 0.6) is 5.75 Å². The highest BCUT2D eigenvalue weighted by Gasteiger charge is 2.08. The van der Waals surface area contributed by atoms with Crippen LogP contribution in [0.15, 0.2) is 34.8 Å². The summed E-state index contributed by atoms with van der Waals surface area (Å²) in [5.41, 5.74) is 0.981. The van der Waals surface area contributed by atoms with Gasteiger partial charge >= 0.3 is 0 Å². The van der Waals surface area contributed by atoms with Gasteiger partial charge in [-0.15, -0.1) is 0 Å². The van der Waals surface area contributed by atoms with Gasteiger partial charge in [-0.3, -0.25) is 9.89 Å². The fraction of sp³-hybridized carbons (Fsp3) is 0.286. The highest BCUT2D eigenvalue weighted by Crippen LogP contribution is 2.17. The van der Waals surface area contributed by atoms with Crippen LogP contribution in [-0.4, -0.2) is 22.7 Å². The second-order valence-corrected chi connectivity index (χ2v) is 5.57. The lowest BCUT2D eigenvalue weighted by Gasteiger charge is -2.05. The highest BCUT2D eigenvalue weighted by molar-refractivity contribution is 9.10. The van der Waals surface area contributed by atoms with Crippen molar-refractivity contribution in [3.05, 3.63) is 40.5 Å². The highest BCUT2D eigenvalue weighted by atomic mass is 79.9. The molecule has 0 aliphatic heterocycles. The van der Waals surface area contributed by atoms with Gasteiger partial charge in [0.25, 0.3) is 5.91 Å². The minimum Gasteiger partial charge on any atom is -0.484 e. The molecule has 0 aliphatic carbocycles. The Morgan fingerprint density at radius 1 is 1.40 bits per heavy atom. The zero-order chi connectivity index (χ0) is 14.5. The third kappa shape index (κ3) is 4.09. The van der Waals surface area contributed by atoms with Crippen molar-refractivity contribution in [2.45, 2.75) is 19.8 Å². The van der Waals surface area contributed by atoms with E-state index in [2.05, 4.69) is 45.3 Å². The molecular weight excluding hydrogens is 322 g/mol. The number of benzene rings is 1. The minimum atomic E-state index is -0.241. The second-order valence-electron chi connectivity index (χ2n) is 4.65. The molecular formula is C14H16BrN3O2. The molecule has 0 atom stereocenters. The number of nitrogens with zero attached hydrogens (tertiary/aromatic N) is 1. The van der Waals surface area contributed by atoms with Gasteiger partial charge in [0.15, 0.2) is 12.4 Å². The Morgan fingerprint density at radius 3 is 2.70 bits per heavy atom. The van der Waals surface area contributed by atoms with Crippen LogP contribution in [0, 0.1) is 0 Å². The fourth-order valence-electron chi connectivity index (χ4n) is 1.56. The standard InChI is InChI=1S/C14H16BrN3O2/c1-9(2)12-7-13(18-17-12)16-14(19)8-20-11-5-3-10(15)4-6-11/h3-7,9H,8H2,1-2H3,(H2,16,17,18,19). The fourth-order valence-corrected chi connectivity index (χ4v) is 1.82. The van der Waals surface area contributed by atoms with Gasteiger partial charge in [-0.1, -0.05) is 29.8 Å². The zero-order valence-electron chi connectivity index (χ0n) is 11.3. The van der Waals surface area contributed by atoms with E-state index in [-0.39, 0.29) is 12.5 Å². The topological polar surface area (TPSA) is 67.0 Å². The van der Waals surface area contributed by atoms with Crippen LogP contribution >= 0.6 is 15.9 Å². The lowest BCUT2D eigenvalue weighted by atomic mass is 10.1. The first-order valence-corrected chi connectivity index (χ1v) is 7.07. The third-order valence-corrected chi connectivity index (χ3v) is 3.20. The predicted molar refractivity (Wildman–Crippen MR) is 80.9 cm³/mol. The third-order valence-electron chi connectivity index (χ3n) is 2.67. The minimum absolute atomic E-state index is 0.0501. The number of aromatic nitrogens is 2. The molecule has 0 fully saturated rings. The number of ether oxygens (including phenoxy) is 1. The van der Waals surface area contributed by atoms with E-state index in [0.29, 0.717) is 17.5 Å². The molecule has 20 heavy (non-hydrogen) atoms. The number of nitrogens with one attached hydrogen (secondary N) is 2. The molecule has 2 aromatic rings. The predicted octanol–water partition coefficient (Wildman–Crippen LogP) is 3.31. The van der Waals surface area contributed by atoms with Gasteiger partial charge in [0.2, 0.25) is 0 Å². The number of carbonyl (C=O) groups is 1. The first kappa shape index (κ1) is 14.6. The van der Waals surface area contributed by atoms with Crippen molar-refractivity contribution in [1.82, 2.24) is 10.2 Å². The summed E-state index contributed by atoms with van der Waals surface area (Å²) < 4.78 is 6.34. The average molecular weight is 338 g/mol. The van der Waals surface area contributed by atoms with Crippen molar-refractivity contribution in [3.63, 3.8) is 0 Å². The molecule has 0 aliphatic rings. The molecule has 0 unspecified atom stereocenters. The molecule has 0 radical (unpaired) electrons. The van der Waals surface area contributed by atoms with E-state index in [4.69, 9.17) is 4.74 Å². The Morgan fingerprint density at radius 2 is 2.10 bits per heavy atom. The van der Waals surface area contributed by atoms with Gasteiger partial charge in [-0.05, 0) is 30.2 Å². The molecule has 1 aromatic heterocycles. The Hall–Kier alpha value is -1.82. The summed E-state index contributed by atoms with van der Waals surface area (Å²) in [6.45, 7) is 4.05. The number of H-pyrrole nitrogens is 1. The van der Waals surface area contributed by atoms with Crippen LogP contribution < -0.4 is 10.1 Å². The number of aromatic amines is 1. The molecule has 0 spiro atoms. The maximum Gasteiger partial charge on any atom is 0.263 e. The first-order chi connectivity index (χ1) is 9.54. The van der Waals surface area contributed by atoms with Gasteiger partial charge in [0.1, 0.15) is 5.75 Å². The van der Waals surface area contributed by atoms with Crippen LogP contribution in [0.25, 0.3) is 0 Å². The molecule has 0 saturated carbocycles. The van der Waals surface area contributed by atoms with Crippen molar-refractivity contribution in [2.24, 2.45) is 0 Å². The summed E-state index contributed by atoms with van der Waals surface area (Å²) in [7, 11) is 0. The summed E-state index contributed by atoms with van der Waals surface area (Å²) in [4.78, 5) is 11.7. The normalized spacial score (nSPS) is 10.6. The Labute approximate surface area is 125 Å². The van der Waals surface area contributed by atoms with Crippen LogP contribution in [0.4, 0.5) is 5.82 Å². The van der Waals surface area contributed by atoms with Crippen LogP contribution in [-0.2, 0) is 4.79 Å². The van der Waals surface area contributed by atoms with Gasteiger partial charge in [0.05, 0.1) is 0 Å². The van der Waals surface area contributed by atoms with Gasteiger partial charge in [0, 0.05) is 16.2 Å². The lowest BCUT2D eigenvalue weighted by Crippen LogP contribution is -2.20. The monoisotopic (exact) mass is 337 g/mol. The number of carbonyl (C=O) groups excluding carboxylic acids is 1. The molecule has 2 N–H and O–H groups in total. The lowest BCUT2D eigenvalue weighted by molar-refractivity contribution is -0.118. The average Bonchev–Trinajstić information content (AvgIpc) is 2.87. The van der Waals surface area contributed by atoms with Crippen molar-refractivity contribution in [2.75, 3.05) is 11.9 Å². The van der Waals surface area contributed by atoms with E-state index in [0.717, 1.165) is 10.2 Å². The zero-order valence-corrected chi connectivity index (χ0v) is 12.9. The van der Waals surface area contributed by atoms with Crippen molar-refractivity contribution in [3.8, 4) is 5.75 Å². The Bertz CT molecular complexity index is 578. The molecule has 106 valence electrons. The van der Waals surface area contributed by atoms with Crippen molar-refractivity contribution >= 4 is 27.7 Å². The Balaban J connectivity index is 1.84. The van der Waals surface area contributed by atoms with E-state index in [1.54, 1.807) is 12.1 Å². The SMILES string of the molecule is CC(C)c1cc(NC(=O)COc2ccc(Br)cc2)n[nH]1. The number of halogens is 1. The smallest absolute Gasteiger partial charge is 0.263 e. The van der Waals surface area contributed by atoms with E-state index in [1.807, 2.05) is 18.2 Å². The van der Waals surface area contributed by atoms with Crippen LogP contribution in [0.1, 0.15) is 25.5 Å². The molecule has 0 bridgehead atoms. The van der Waals surface area contributed by atoms with Crippen LogP contribution in [0.2, 0.25) is 0 Å². The summed E-state index contributed by atoms with van der Waals surface area (Å²) in [5.74, 6) is 1.26. The molecule has 5 nitrogen and oxygen atoms in total. The maximum atomic E-state index is 11.7. The Kier molecular flexibility index (Phi) is 4.79. The van der Waals surface area contributed by atoms with Crippen LogP contribution in [0.3, 0.4) is 0 Å². The van der Waals surface area contributed by atoms with Crippen molar-refractivity contribution < 1.29 is 9.53 Å². The summed E-state index contributed by atoms with van der Waals surface area (Å²) >= 11 is 3.34. The number of hydrogen-bond acceptors (Lipinski definition) is 3. The molecule has 1 heterocycles. The molecule has 2 rings (SSSR count). The van der Waals surface area contributed by atoms with E-state index in [9.17, 15) is 4.79 Å². The summed E-state index contributed by atoms with van der Waals surface area (Å²) in [5, 5.41) is 9.59. The molecule has 0 saturated heterocycles. The number of anilines is 1. The maximum absolute atomic E-state index is 11.7. The number of rotatable bonds is 5. The molecule has 1 aromatic carbocycles. The molecule has 6 heteroatoms. The summed E-state index contributed by atoms with van der Waals surface area (Å²) in [6, 6.07) is 9.12.